The zero-order chi connectivity index (χ0) is 22.6. The summed E-state index contributed by atoms with van der Waals surface area (Å²) in [5.74, 6) is 1.16. The lowest BCUT2D eigenvalue weighted by Crippen LogP contribution is -2.28. The predicted molar refractivity (Wildman–Crippen MR) is 131 cm³/mol. The lowest BCUT2D eigenvalue weighted by Gasteiger charge is -2.19. The number of fused-ring (bicyclic) bond motifs is 3. The molecular weight excluding hydrogens is 392 g/mol. The third-order valence-electron chi connectivity index (χ3n) is 6.67. The summed E-state index contributed by atoms with van der Waals surface area (Å²) < 4.78 is 0. The van der Waals surface area contributed by atoms with Crippen LogP contribution in [0.1, 0.15) is 11.1 Å². The van der Waals surface area contributed by atoms with Crippen LogP contribution in [0.4, 0.5) is 11.4 Å². The first-order chi connectivity index (χ1) is 15.5. The molecule has 0 radical (unpaired) electrons. The predicted octanol–water partition coefficient (Wildman–Crippen LogP) is 4.46. The first-order valence-corrected chi connectivity index (χ1v) is 10.5. The van der Waals surface area contributed by atoms with Crippen molar-refractivity contribution in [2.75, 3.05) is 23.9 Å². The van der Waals surface area contributed by atoms with E-state index < -0.39 is 0 Å². The van der Waals surface area contributed by atoms with Crippen molar-refractivity contribution in [3.63, 3.8) is 0 Å². The summed E-state index contributed by atoms with van der Waals surface area (Å²) in [7, 11) is 4.22. The van der Waals surface area contributed by atoms with Gasteiger partial charge < -0.3 is 9.80 Å². The Labute approximate surface area is 187 Å². The molecule has 0 fully saturated rings. The minimum atomic E-state index is 0.141. The number of rotatable bonds is 0. The number of hydrogen-bond acceptors (Lipinski definition) is 4. The van der Waals surface area contributed by atoms with Crippen molar-refractivity contribution in [1.29, 1.82) is 10.5 Å². The van der Waals surface area contributed by atoms with Gasteiger partial charge in [0, 0.05) is 24.5 Å². The van der Waals surface area contributed by atoms with Gasteiger partial charge in [-0.15, -0.1) is 0 Å². The van der Waals surface area contributed by atoms with Crippen molar-refractivity contribution in [1.82, 2.24) is 0 Å². The van der Waals surface area contributed by atoms with Crippen molar-refractivity contribution >= 4 is 44.3 Å². The second kappa shape index (κ2) is 7.15. The molecule has 0 saturated carbocycles. The fourth-order valence-electron chi connectivity index (χ4n) is 4.97. The summed E-state index contributed by atoms with van der Waals surface area (Å²) in [5.41, 5.74) is 4.90. The Balaban J connectivity index is 1.83. The van der Waals surface area contributed by atoms with Gasteiger partial charge in [-0.25, -0.2) is 0 Å². The smallest absolute Gasteiger partial charge is 0.136 e. The molecule has 0 aromatic heterocycles. The highest BCUT2D eigenvalue weighted by Crippen LogP contribution is 2.39. The molecule has 1 heterocycles. The highest BCUT2D eigenvalue weighted by molar-refractivity contribution is 6.06. The Bertz CT molecular complexity index is 1600. The van der Waals surface area contributed by atoms with Gasteiger partial charge in [-0.3, -0.25) is 0 Å². The molecule has 0 unspecified atom stereocenters. The average molecular weight is 415 g/mol. The third-order valence-corrected chi connectivity index (χ3v) is 6.67. The first kappa shape index (κ1) is 19.7. The maximum Gasteiger partial charge on any atom is 0.136 e. The van der Waals surface area contributed by atoms with Gasteiger partial charge in [0.15, 0.2) is 0 Å². The molecular formula is C28H22N4. The second-order valence-electron chi connectivity index (χ2n) is 8.30. The van der Waals surface area contributed by atoms with Crippen LogP contribution < -0.4 is 20.2 Å². The van der Waals surface area contributed by atoms with Crippen LogP contribution in [0.2, 0.25) is 0 Å². The molecule has 0 bridgehead atoms. The Morgan fingerprint density at radius 1 is 0.688 bits per heavy atom. The number of aryl methyl sites for hydroxylation is 2. The van der Waals surface area contributed by atoms with Crippen molar-refractivity contribution in [2.45, 2.75) is 13.8 Å². The van der Waals surface area contributed by atoms with E-state index in [1.807, 2.05) is 30.3 Å². The summed E-state index contributed by atoms with van der Waals surface area (Å²) in [6, 6.07) is 25.0. The van der Waals surface area contributed by atoms with E-state index in [1.54, 1.807) is 0 Å². The number of hydrogen-bond donors (Lipinski definition) is 0. The molecule has 1 aliphatic heterocycles. The van der Waals surface area contributed by atoms with E-state index in [0.29, 0.717) is 5.22 Å². The van der Waals surface area contributed by atoms with Crippen LogP contribution in [0.15, 0.2) is 60.7 Å². The van der Waals surface area contributed by atoms with Crippen molar-refractivity contribution in [3.8, 4) is 12.1 Å². The largest absolute Gasteiger partial charge is 0.329 e. The van der Waals surface area contributed by atoms with E-state index in [9.17, 15) is 10.5 Å². The maximum atomic E-state index is 9.27. The monoisotopic (exact) mass is 414 g/mol. The van der Waals surface area contributed by atoms with E-state index in [1.165, 1.54) is 32.9 Å². The van der Waals surface area contributed by atoms with Gasteiger partial charge in [0.1, 0.15) is 23.5 Å². The molecule has 32 heavy (non-hydrogen) atoms. The first-order valence-electron chi connectivity index (χ1n) is 10.5. The molecule has 0 atom stereocenters. The summed E-state index contributed by atoms with van der Waals surface area (Å²) in [4.78, 5) is 4.49. The Kier molecular flexibility index (Phi) is 4.40. The molecule has 0 N–H and O–H groups in total. The third kappa shape index (κ3) is 2.67. The molecule has 0 aliphatic carbocycles. The number of anilines is 2. The van der Waals surface area contributed by atoms with Crippen LogP contribution in [0.25, 0.3) is 32.9 Å². The number of para-hydroxylation sites is 2. The fourth-order valence-corrected chi connectivity index (χ4v) is 4.97. The van der Waals surface area contributed by atoms with Crippen molar-refractivity contribution in [2.24, 2.45) is 0 Å². The molecule has 1 aliphatic rings. The number of nitrogens with zero attached hydrogens (tertiary/aromatic N) is 4. The minimum absolute atomic E-state index is 0.141. The normalized spacial score (nSPS) is 12.8. The van der Waals surface area contributed by atoms with Crippen LogP contribution in [0.3, 0.4) is 0 Å². The molecule has 0 amide bonds. The molecule has 4 aromatic rings. The van der Waals surface area contributed by atoms with Crippen LogP contribution >= 0.6 is 0 Å². The van der Waals surface area contributed by atoms with Crippen LogP contribution in [-0.2, 0) is 0 Å². The fraction of sp³-hybridized carbons (Fsp3) is 0.143. The topological polar surface area (TPSA) is 54.1 Å². The summed E-state index contributed by atoms with van der Waals surface area (Å²) in [6.07, 6.45) is 0. The van der Waals surface area contributed by atoms with Crippen LogP contribution in [0, 0.1) is 36.5 Å². The molecule has 4 heteroatoms. The highest BCUT2D eigenvalue weighted by atomic mass is 15.4. The van der Waals surface area contributed by atoms with Crippen LogP contribution in [0.5, 0.6) is 0 Å². The van der Waals surface area contributed by atoms with E-state index in [2.05, 4.69) is 80.2 Å². The average Bonchev–Trinajstić information content (AvgIpc) is 3.08. The standard InChI is InChI=1S/C28H22N4/c1-17-23-12-10-20(28-31(3)26-7-5-6-8-27(26)32(28)4)14-25(23)18(2)22-11-9-19(13-24(17)22)21(15-29)16-30/h5-14H,1-4H3. The molecule has 154 valence electrons. The lowest BCUT2D eigenvalue weighted by molar-refractivity contribution is 1.16. The number of benzene rings is 4. The molecule has 0 spiro atoms. The van der Waals surface area contributed by atoms with Crippen molar-refractivity contribution in [3.05, 3.63) is 82.2 Å². The minimum Gasteiger partial charge on any atom is -0.329 e. The zero-order valence-corrected chi connectivity index (χ0v) is 18.6. The Morgan fingerprint density at radius 2 is 1.22 bits per heavy atom. The lowest BCUT2D eigenvalue weighted by atomic mass is 9.92. The van der Waals surface area contributed by atoms with E-state index in [-0.39, 0.29) is 5.57 Å². The van der Waals surface area contributed by atoms with E-state index in [0.717, 1.165) is 22.2 Å². The Morgan fingerprint density at radius 3 is 1.78 bits per heavy atom. The summed E-state index contributed by atoms with van der Waals surface area (Å²) in [6.45, 7) is 4.26. The maximum absolute atomic E-state index is 9.27. The van der Waals surface area contributed by atoms with Gasteiger partial charge in [0.2, 0.25) is 0 Å². The summed E-state index contributed by atoms with van der Waals surface area (Å²) in [5, 5.41) is 25.0. The summed E-state index contributed by atoms with van der Waals surface area (Å²) >= 11 is 0. The number of nitriles is 2. The highest BCUT2D eigenvalue weighted by Gasteiger charge is 2.26. The SMILES string of the molecule is Cc1c2ccc(=C3N(C)c4ccccc4N3C)cc2c(C)c2ccc(=C(C#N)C#N)cc12. The van der Waals surface area contributed by atoms with Gasteiger partial charge >= 0.3 is 0 Å². The molecule has 4 aromatic carbocycles. The van der Waals surface area contributed by atoms with Gasteiger partial charge in [0.05, 0.1) is 11.4 Å². The molecule has 4 nitrogen and oxygen atoms in total. The van der Waals surface area contributed by atoms with Gasteiger partial charge in [-0.2, -0.15) is 10.5 Å². The van der Waals surface area contributed by atoms with Gasteiger partial charge in [-0.05, 0) is 70.8 Å². The van der Waals surface area contributed by atoms with Gasteiger partial charge in [0.25, 0.3) is 0 Å². The van der Waals surface area contributed by atoms with Gasteiger partial charge in [-0.1, -0.05) is 36.4 Å². The zero-order valence-electron chi connectivity index (χ0n) is 18.6. The molecule has 0 saturated heterocycles. The van der Waals surface area contributed by atoms with E-state index in [4.69, 9.17) is 0 Å². The quantitative estimate of drug-likeness (QED) is 0.399. The van der Waals surface area contributed by atoms with E-state index >= 15 is 0 Å². The Hall–Kier alpha value is -4.28. The van der Waals surface area contributed by atoms with Crippen LogP contribution in [-0.4, -0.2) is 14.1 Å². The molecule has 5 rings (SSSR count). The van der Waals surface area contributed by atoms with Crippen molar-refractivity contribution < 1.29 is 0 Å². The second-order valence-corrected chi connectivity index (χ2v) is 8.30.